The average Bonchev–Trinajstić information content (AvgIpc) is 2.31. The zero-order valence-corrected chi connectivity index (χ0v) is 12.5. The van der Waals surface area contributed by atoms with E-state index >= 15 is 0 Å². The highest BCUT2D eigenvalue weighted by Gasteiger charge is 2.37. The maximum atomic E-state index is 12.1. The quantitative estimate of drug-likeness (QED) is 0.725. The van der Waals surface area contributed by atoms with Crippen molar-refractivity contribution in [2.45, 2.75) is 38.5 Å². The van der Waals surface area contributed by atoms with Gasteiger partial charge in [0.1, 0.15) is 11.7 Å². The number of carbonyl (C=O) groups is 2. The molecule has 0 aliphatic rings. The summed E-state index contributed by atoms with van der Waals surface area (Å²) in [4.78, 5) is 24.6. The Bertz CT molecular complexity index is 372. The van der Waals surface area contributed by atoms with Crippen LogP contribution >= 0.6 is 0 Å². The van der Waals surface area contributed by atoms with Crippen LogP contribution in [0.3, 0.4) is 0 Å². The average molecular weight is 285 g/mol. The van der Waals surface area contributed by atoms with Crippen LogP contribution < -0.4 is 0 Å². The lowest BCUT2D eigenvalue weighted by Crippen LogP contribution is -2.53. The van der Waals surface area contributed by atoms with Gasteiger partial charge >= 0.3 is 12.1 Å². The first-order chi connectivity index (χ1) is 9.17. The van der Waals surface area contributed by atoms with E-state index in [0.717, 1.165) is 4.90 Å². The van der Waals surface area contributed by atoms with Crippen LogP contribution in [0.4, 0.5) is 4.79 Å². The molecule has 0 spiro atoms. The van der Waals surface area contributed by atoms with Crippen molar-refractivity contribution in [1.82, 2.24) is 4.90 Å². The summed E-state index contributed by atoms with van der Waals surface area (Å²) in [5.74, 6) is -1.20. The van der Waals surface area contributed by atoms with Gasteiger partial charge in [-0.15, -0.1) is 13.2 Å². The van der Waals surface area contributed by atoms with E-state index in [-0.39, 0.29) is 6.54 Å². The first-order valence-electron chi connectivity index (χ1n) is 6.16. The predicted molar refractivity (Wildman–Crippen MR) is 75.6 cm³/mol. The molecule has 0 fully saturated rings. The van der Waals surface area contributed by atoms with Crippen LogP contribution in [0.15, 0.2) is 25.3 Å². The lowest BCUT2D eigenvalue weighted by molar-refractivity contribution is -0.147. The van der Waals surface area contributed by atoms with Crippen LogP contribution in [-0.4, -0.2) is 53.5 Å². The molecule has 6 heteroatoms. The maximum Gasteiger partial charge on any atom is 0.411 e. The summed E-state index contributed by atoms with van der Waals surface area (Å²) in [6.45, 7) is 12.2. The fraction of sp³-hybridized carbons (Fsp3) is 0.571. The summed E-state index contributed by atoms with van der Waals surface area (Å²) >= 11 is 0. The lowest BCUT2D eigenvalue weighted by atomic mass is 10.1. The summed E-state index contributed by atoms with van der Waals surface area (Å²) < 4.78 is 10.3. The van der Waals surface area contributed by atoms with Gasteiger partial charge in [0.15, 0.2) is 6.04 Å². The second-order valence-electron chi connectivity index (χ2n) is 5.14. The minimum Gasteiger partial charge on any atom is -0.480 e. The summed E-state index contributed by atoms with van der Waals surface area (Å²) in [5, 5.41) is 9.34. The van der Waals surface area contributed by atoms with Crippen molar-refractivity contribution in [3.8, 4) is 0 Å². The summed E-state index contributed by atoms with van der Waals surface area (Å²) in [7, 11) is 1.35. The fourth-order valence-electron chi connectivity index (χ4n) is 1.57. The molecule has 0 rings (SSSR count). The predicted octanol–water partition coefficient (Wildman–Crippen LogP) is 2.06. The maximum absolute atomic E-state index is 12.1. The van der Waals surface area contributed by atoms with Crippen molar-refractivity contribution in [3.05, 3.63) is 25.3 Å². The van der Waals surface area contributed by atoms with E-state index in [2.05, 4.69) is 13.2 Å². The number of hydrogen-bond donors (Lipinski definition) is 1. The van der Waals surface area contributed by atoms with Gasteiger partial charge in [-0.1, -0.05) is 12.2 Å². The van der Waals surface area contributed by atoms with Gasteiger partial charge < -0.3 is 14.6 Å². The van der Waals surface area contributed by atoms with E-state index in [1.54, 1.807) is 20.8 Å². The number of amides is 1. The highest BCUT2D eigenvalue weighted by molar-refractivity contribution is 5.81. The number of methoxy groups -OCH3 is 1. The molecule has 114 valence electrons. The van der Waals surface area contributed by atoms with E-state index in [0.29, 0.717) is 0 Å². The van der Waals surface area contributed by atoms with Crippen LogP contribution in [0.1, 0.15) is 20.8 Å². The number of rotatable bonds is 7. The van der Waals surface area contributed by atoms with Crippen molar-refractivity contribution >= 4 is 12.1 Å². The number of carboxylic acids is 1. The van der Waals surface area contributed by atoms with E-state index in [9.17, 15) is 14.7 Å². The molecule has 6 nitrogen and oxygen atoms in total. The number of carbonyl (C=O) groups excluding carboxylic acids is 1. The summed E-state index contributed by atoms with van der Waals surface area (Å²) in [5.41, 5.74) is -0.726. The van der Waals surface area contributed by atoms with Crippen molar-refractivity contribution < 1.29 is 24.2 Å². The zero-order chi connectivity index (χ0) is 15.9. The minimum absolute atomic E-state index is 0.0274. The molecule has 0 heterocycles. The van der Waals surface area contributed by atoms with Gasteiger partial charge in [0.2, 0.25) is 0 Å². The minimum atomic E-state index is -1.23. The largest absolute Gasteiger partial charge is 0.480 e. The van der Waals surface area contributed by atoms with Crippen LogP contribution in [0.5, 0.6) is 0 Å². The molecule has 2 atom stereocenters. The molecule has 0 unspecified atom stereocenters. The molecular formula is C14H23NO5. The summed E-state index contributed by atoms with van der Waals surface area (Å²) in [6.07, 6.45) is 1.17. The normalized spacial score (nSPS) is 14.0. The van der Waals surface area contributed by atoms with E-state index in [4.69, 9.17) is 9.47 Å². The van der Waals surface area contributed by atoms with Crippen LogP contribution in [0.25, 0.3) is 0 Å². The zero-order valence-electron chi connectivity index (χ0n) is 12.5. The molecule has 0 aliphatic carbocycles. The van der Waals surface area contributed by atoms with Crippen LogP contribution in [0.2, 0.25) is 0 Å². The van der Waals surface area contributed by atoms with Gasteiger partial charge in [-0.3, -0.25) is 4.90 Å². The molecule has 0 bridgehead atoms. The SMILES string of the molecule is C=CCN(C(=O)OC(C)(C)C)[C@@H](C(=O)O)[C@H](C=C)OC. The molecule has 20 heavy (non-hydrogen) atoms. The van der Waals surface area contributed by atoms with Crippen molar-refractivity contribution in [3.63, 3.8) is 0 Å². The topological polar surface area (TPSA) is 76.1 Å². The Morgan fingerprint density at radius 3 is 2.20 bits per heavy atom. The Kier molecular flexibility index (Phi) is 6.99. The molecule has 0 saturated carbocycles. The standard InChI is InChI=1S/C14H23NO5/c1-7-9-15(13(18)20-14(3,4)5)11(12(16)17)10(8-2)19-6/h7-8,10-11H,1-2,9H2,3-6H3,(H,16,17)/t10-,11+/m0/s1. The number of carboxylic acid groups (broad SMARTS) is 1. The molecule has 1 N–H and O–H groups in total. The van der Waals surface area contributed by atoms with Gasteiger partial charge in [0, 0.05) is 13.7 Å². The molecule has 0 aromatic rings. The highest BCUT2D eigenvalue weighted by Crippen LogP contribution is 2.16. The second kappa shape index (κ2) is 7.69. The number of ether oxygens (including phenoxy) is 2. The summed E-state index contributed by atoms with van der Waals surface area (Å²) in [6, 6.07) is -1.23. The third kappa shape index (κ3) is 5.44. The van der Waals surface area contributed by atoms with Crippen molar-refractivity contribution in [2.24, 2.45) is 0 Å². The number of nitrogens with zero attached hydrogens (tertiary/aromatic N) is 1. The van der Waals surface area contributed by atoms with Crippen LogP contribution in [-0.2, 0) is 14.3 Å². The third-order valence-electron chi connectivity index (χ3n) is 2.36. The van der Waals surface area contributed by atoms with Crippen LogP contribution in [0, 0.1) is 0 Å². The Morgan fingerprint density at radius 1 is 1.35 bits per heavy atom. The molecular weight excluding hydrogens is 262 g/mol. The Labute approximate surface area is 119 Å². The van der Waals surface area contributed by atoms with E-state index in [1.165, 1.54) is 19.3 Å². The van der Waals surface area contributed by atoms with Crippen molar-refractivity contribution in [1.29, 1.82) is 0 Å². The van der Waals surface area contributed by atoms with Crippen molar-refractivity contribution in [2.75, 3.05) is 13.7 Å². The molecule has 1 amide bonds. The fourth-order valence-corrected chi connectivity index (χ4v) is 1.57. The molecule has 0 aliphatic heterocycles. The van der Waals surface area contributed by atoms with E-state index < -0.39 is 29.8 Å². The van der Waals surface area contributed by atoms with Gasteiger partial charge in [-0.05, 0) is 20.8 Å². The molecule has 0 saturated heterocycles. The Hall–Kier alpha value is -1.82. The molecule has 0 aromatic heterocycles. The Morgan fingerprint density at radius 2 is 1.90 bits per heavy atom. The highest BCUT2D eigenvalue weighted by atomic mass is 16.6. The monoisotopic (exact) mass is 285 g/mol. The molecule has 0 radical (unpaired) electrons. The molecule has 0 aromatic carbocycles. The first kappa shape index (κ1) is 18.2. The first-order valence-corrected chi connectivity index (χ1v) is 6.16. The van der Waals surface area contributed by atoms with Gasteiger partial charge in [0.05, 0.1) is 0 Å². The third-order valence-corrected chi connectivity index (χ3v) is 2.36. The lowest BCUT2D eigenvalue weighted by Gasteiger charge is -2.33. The number of hydrogen-bond acceptors (Lipinski definition) is 4. The second-order valence-corrected chi connectivity index (χ2v) is 5.14. The number of aliphatic carboxylic acids is 1. The van der Waals surface area contributed by atoms with Gasteiger partial charge in [-0.25, -0.2) is 9.59 Å². The smallest absolute Gasteiger partial charge is 0.411 e. The van der Waals surface area contributed by atoms with E-state index in [1.807, 2.05) is 0 Å². The Balaban J connectivity index is 5.37. The van der Waals surface area contributed by atoms with Gasteiger partial charge in [0.25, 0.3) is 0 Å². The van der Waals surface area contributed by atoms with Gasteiger partial charge in [-0.2, -0.15) is 0 Å².